The molecule has 0 amide bonds. The standard InChI is InChI=1S/C3H5ClO2/c4-3(1-5)2-6/h1,3,6H,2H2/t3-/m1/s1. The van der Waals surface area contributed by atoms with E-state index in [-0.39, 0.29) is 6.61 Å². The van der Waals surface area contributed by atoms with Crippen molar-refractivity contribution in [3.8, 4) is 0 Å². The number of hydrogen-bond donors (Lipinski definition) is 1. The maximum atomic E-state index is 9.44. The van der Waals surface area contributed by atoms with Crippen LogP contribution in [0.1, 0.15) is 0 Å². The molecule has 0 spiro atoms. The second-order valence-corrected chi connectivity index (χ2v) is 1.40. The molecule has 0 aliphatic rings. The summed E-state index contributed by atoms with van der Waals surface area (Å²) in [4.78, 5) is 9.44. The van der Waals surface area contributed by atoms with Crippen LogP contribution in [0.4, 0.5) is 0 Å². The molecule has 0 fully saturated rings. The fraction of sp³-hybridized carbons (Fsp3) is 0.667. The molecule has 1 atom stereocenters. The molecule has 0 aromatic carbocycles. The molecule has 0 heterocycles. The molecular weight excluding hydrogens is 103 g/mol. The van der Waals surface area contributed by atoms with Crippen molar-refractivity contribution in [2.24, 2.45) is 0 Å². The third-order valence-electron chi connectivity index (χ3n) is 0.322. The van der Waals surface area contributed by atoms with Crippen molar-refractivity contribution in [2.45, 2.75) is 5.38 Å². The van der Waals surface area contributed by atoms with Crippen molar-refractivity contribution in [1.82, 2.24) is 0 Å². The van der Waals surface area contributed by atoms with Crippen LogP contribution in [0, 0.1) is 0 Å². The zero-order valence-electron chi connectivity index (χ0n) is 3.10. The van der Waals surface area contributed by atoms with Gasteiger partial charge in [-0.1, -0.05) is 0 Å². The van der Waals surface area contributed by atoms with Gasteiger partial charge in [0.15, 0.2) is 0 Å². The van der Waals surface area contributed by atoms with Gasteiger partial charge < -0.3 is 9.90 Å². The van der Waals surface area contributed by atoms with E-state index in [0.29, 0.717) is 6.29 Å². The molecule has 0 aromatic rings. The van der Waals surface area contributed by atoms with Crippen LogP contribution in [0.15, 0.2) is 0 Å². The van der Waals surface area contributed by atoms with Crippen molar-refractivity contribution >= 4 is 17.9 Å². The van der Waals surface area contributed by atoms with E-state index in [4.69, 9.17) is 16.7 Å². The van der Waals surface area contributed by atoms with Gasteiger partial charge in [-0.25, -0.2) is 0 Å². The maximum Gasteiger partial charge on any atom is 0.140 e. The Hall–Kier alpha value is -0.0800. The SMILES string of the molecule is O=C[C@@H](Cl)CO. The van der Waals surface area contributed by atoms with Crippen LogP contribution in [0.2, 0.25) is 0 Å². The third-order valence-corrected chi connectivity index (χ3v) is 0.563. The fourth-order valence-corrected chi connectivity index (χ4v) is 0.0430. The lowest BCUT2D eigenvalue weighted by Gasteiger charge is -1.86. The van der Waals surface area contributed by atoms with E-state index in [1.54, 1.807) is 0 Å². The van der Waals surface area contributed by atoms with Crippen LogP contribution in [-0.4, -0.2) is 23.4 Å². The van der Waals surface area contributed by atoms with Crippen LogP contribution in [-0.2, 0) is 4.79 Å². The van der Waals surface area contributed by atoms with E-state index in [9.17, 15) is 4.79 Å². The summed E-state index contributed by atoms with van der Waals surface area (Å²) < 4.78 is 0. The third kappa shape index (κ3) is 2.18. The molecule has 2 nitrogen and oxygen atoms in total. The first-order valence-corrected chi connectivity index (χ1v) is 1.95. The molecule has 0 saturated carbocycles. The van der Waals surface area contributed by atoms with Gasteiger partial charge in [-0.05, 0) is 0 Å². The molecule has 3 heteroatoms. The summed E-state index contributed by atoms with van der Waals surface area (Å²) in [5.74, 6) is 0. The van der Waals surface area contributed by atoms with Crippen LogP contribution in [0.5, 0.6) is 0 Å². The molecule has 1 N–H and O–H groups in total. The quantitative estimate of drug-likeness (QED) is 0.393. The van der Waals surface area contributed by atoms with Gasteiger partial charge in [0, 0.05) is 0 Å². The van der Waals surface area contributed by atoms with Crippen molar-refractivity contribution in [3.05, 3.63) is 0 Å². The monoisotopic (exact) mass is 108 g/mol. The van der Waals surface area contributed by atoms with Crippen LogP contribution in [0.3, 0.4) is 0 Å². The minimum atomic E-state index is -0.718. The molecule has 0 aliphatic heterocycles. The van der Waals surface area contributed by atoms with E-state index < -0.39 is 5.38 Å². The number of rotatable bonds is 2. The number of halogens is 1. The molecule has 0 bridgehead atoms. The number of hydrogen-bond acceptors (Lipinski definition) is 2. The fourth-order valence-electron chi connectivity index (χ4n) is 0.0430. The highest BCUT2D eigenvalue weighted by atomic mass is 35.5. The van der Waals surface area contributed by atoms with Gasteiger partial charge in [-0.2, -0.15) is 0 Å². The zero-order valence-corrected chi connectivity index (χ0v) is 3.85. The maximum absolute atomic E-state index is 9.44. The lowest BCUT2D eigenvalue weighted by atomic mass is 10.5. The number of alkyl halides is 1. The number of carbonyl (C=O) groups excluding carboxylic acids is 1. The lowest BCUT2D eigenvalue weighted by Crippen LogP contribution is -2.04. The van der Waals surface area contributed by atoms with Gasteiger partial charge in [-0.3, -0.25) is 0 Å². The molecule has 0 saturated heterocycles. The molecule has 0 aromatic heterocycles. The second-order valence-electron chi connectivity index (χ2n) is 0.835. The number of aliphatic hydroxyl groups excluding tert-OH is 1. The normalized spacial score (nSPS) is 13.7. The molecule has 0 radical (unpaired) electrons. The highest BCUT2D eigenvalue weighted by molar-refractivity contribution is 6.27. The minimum Gasteiger partial charge on any atom is -0.394 e. The highest BCUT2D eigenvalue weighted by Crippen LogP contribution is 1.84. The highest BCUT2D eigenvalue weighted by Gasteiger charge is 1.94. The summed E-state index contributed by atoms with van der Waals surface area (Å²) in [6, 6.07) is 0. The smallest absolute Gasteiger partial charge is 0.140 e. The largest absolute Gasteiger partial charge is 0.394 e. The van der Waals surface area contributed by atoms with Crippen molar-refractivity contribution in [3.63, 3.8) is 0 Å². The van der Waals surface area contributed by atoms with E-state index in [2.05, 4.69) is 0 Å². The minimum absolute atomic E-state index is 0.273. The Morgan fingerprint density at radius 2 is 2.50 bits per heavy atom. The summed E-state index contributed by atoms with van der Waals surface area (Å²) in [5, 5.41) is 7.25. The van der Waals surface area contributed by atoms with E-state index in [1.165, 1.54) is 0 Å². The van der Waals surface area contributed by atoms with E-state index >= 15 is 0 Å². The topological polar surface area (TPSA) is 37.3 Å². The Labute approximate surface area is 40.7 Å². The summed E-state index contributed by atoms with van der Waals surface area (Å²) in [6.45, 7) is -0.273. The molecular formula is C3H5ClO2. The molecule has 0 rings (SSSR count). The lowest BCUT2D eigenvalue weighted by molar-refractivity contribution is -0.108. The van der Waals surface area contributed by atoms with Gasteiger partial charge in [0.25, 0.3) is 0 Å². The number of aldehydes is 1. The first kappa shape index (κ1) is 5.92. The Kier molecular flexibility index (Phi) is 3.08. The Morgan fingerprint density at radius 3 is 2.50 bits per heavy atom. The molecule has 6 heavy (non-hydrogen) atoms. The van der Waals surface area contributed by atoms with Crippen molar-refractivity contribution in [1.29, 1.82) is 0 Å². The number of aliphatic hydroxyl groups is 1. The zero-order chi connectivity index (χ0) is 4.99. The van der Waals surface area contributed by atoms with Crippen LogP contribution >= 0.6 is 11.6 Å². The first-order valence-electron chi connectivity index (χ1n) is 1.51. The predicted octanol–water partition coefficient (Wildman–Crippen LogP) is -0.215. The van der Waals surface area contributed by atoms with Crippen molar-refractivity contribution < 1.29 is 9.90 Å². The van der Waals surface area contributed by atoms with Crippen molar-refractivity contribution in [2.75, 3.05) is 6.61 Å². The molecule has 0 aliphatic carbocycles. The predicted molar refractivity (Wildman–Crippen MR) is 22.8 cm³/mol. The summed E-state index contributed by atoms with van der Waals surface area (Å²) in [6.07, 6.45) is 0.488. The van der Waals surface area contributed by atoms with Crippen LogP contribution in [0.25, 0.3) is 0 Å². The van der Waals surface area contributed by atoms with Gasteiger partial charge in [0.2, 0.25) is 0 Å². The summed E-state index contributed by atoms with van der Waals surface area (Å²) in [5.41, 5.74) is 0. The van der Waals surface area contributed by atoms with Crippen LogP contribution < -0.4 is 0 Å². The first-order chi connectivity index (χ1) is 2.81. The van der Waals surface area contributed by atoms with Gasteiger partial charge >= 0.3 is 0 Å². The average molecular weight is 109 g/mol. The summed E-state index contributed by atoms with van der Waals surface area (Å²) in [7, 11) is 0. The van der Waals surface area contributed by atoms with E-state index in [1.807, 2.05) is 0 Å². The van der Waals surface area contributed by atoms with E-state index in [0.717, 1.165) is 0 Å². The van der Waals surface area contributed by atoms with Gasteiger partial charge in [0.1, 0.15) is 11.7 Å². The van der Waals surface area contributed by atoms with Gasteiger partial charge in [0.05, 0.1) is 6.61 Å². The second kappa shape index (κ2) is 3.12. The Bertz CT molecular complexity index is 46.1. The molecule has 36 valence electrons. The van der Waals surface area contributed by atoms with Gasteiger partial charge in [-0.15, -0.1) is 11.6 Å². The average Bonchev–Trinajstić information content (AvgIpc) is 1.65. The number of carbonyl (C=O) groups is 1. The Morgan fingerprint density at radius 1 is 2.00 bits per heavy atom. The molecule has 0 unspecified atom stereocenters. The summed E-state index contributed by atoms with van der Waals surface area (Å²) >= 11 is 5.03. The Balaban J connectivity index is 2.96.